The lowest BCUT2D eigenvalue weighted by Crippen LogP contribution is -2.50. The van der Waals surface area contributed by atoms with Gasteiger partial charge in [0.1, 0.15) is 11.9 Å². The van der Waals surface area contributed by atoms with Gasteiger partial charge in [0.25, 0.3) is 0 Å². The van der Waals surface area contributed by atoms with Crippen molar-refractivity contribution in [2.75, 3.05) is 19.4 Å². The van der Waals surface area contributed by atoms with Crippen LogP contribution in [0.15, 0.2) is 10.7 Å². The van der Waals surface area contributed by atoms with Crippen LogP contribution in [0.2, 0.25) is 0 Å². The first-order valence-electron chi connectivity index (χ1n) is 5.85. The van der Waals surface area contributed by atoms with E-state index in [1.807, 2.05) is 13.8 Å². The zero-order valence-electron chi connectivity index (χ0n) is 10.9. The van der Waals surface area contributed by atoms with Crippen LogP contribution in [-0.4, -0.2) is 40.3 Å². The number of hydrogen-bond acceptors (Lipinski definition) is 7. The average Bonchev–Trinajstić information content (AvgIpc) is 2.87. The maximum absolute atomic E-state index is 11.7. The Labute approximate surface area is 116 Å². The first kappa shape index (κ1) is 15.4. The predicted molar refractivity (Wildman–Crippen MR) is 74.0 cm³/mol. The van der Waals surface area contributed by atoms with E-state index in [1.165, 1.54) is 18.6 Å². The van der Waals surface area contributed by atoms with E-state index in [2.05, 4.69) is 14.7 Å². The average molecular weight is 289 g/mol. The molecule has 1 aromatic heterocycles. The van der Waals surface area contributed by atoms with Gasteiger partial charge in [0.05, 0.1) is 7.11 Å². The Morgan fingerprint density at radius 1 is 1.67 bits per heavy atom. The summed E-state index contributed by atoms with van der Waals surface area (Å²) in [6.07, 6.45) is 3.23. The van der Waals surface area contributed by atoms with E-state index < -0.39 is 5.54 Å². The lowest BCUT2D eigenvalue weighted by molar-refractivity contribution is -0.148. The molecule has 5 nitrogen and oxygen atoms in total. The molecule has 1 rings (SSSR count). The summed E-state index contributed by atoms with van der Waals surface area (Å²) in [6, 6.07) is 0. The number of carbonyl (C=O) groups excluding carboxylic acids is 1. The van der Waals surface area contributed by atoms with Crippen LogP contribution in [0.3, 0.4) is 0 Å². The van der Waals surface area contributed by atoms with E-state index in [9.17, 15) is 4.79 Å². The molecular weight excluding hydrogens is 270 g/mol. The van der Waals surface area contributed by atoms with E-state index >= 15 is 0 Å². The standard InChI is InChI=1S/C11H19N3O2S2/c1-4-13-11(2,9(15)16-3)6-5-7-17-10-12-8-14-18-10/h8,13H,4-7H2,1-3H3. The number of rotatable bonds is 8. The van der Waals surface area contributed by atoms with Crippen molar-refractivity contribution in [3.63, 3.8) is 0 Å². The number of aromatic nitrogens is 2. The van der Waals surface area contributed by atoms with Gasteiger partial charge in [-0.25, -0.2) is 4.98 Å². The van der Waals surface area contributed by atoms with E-state index in [1.54, 1.807) is 18.1 Å². The first-order chi connectivity index (χ1) is 8.62. The number of nitrogens with one attached hydrogen (secondary N) is 1. The van der Waals surface area contributed by atoms with Crippen molar-refractivity contribution in [2.45, 2.75) is 36.6 Å². The molecule has 102 valence electrons. The van der Waals surface area contributed by atoms with Gasteiger partial charge >= 0.3 is 5.97 Å². The fourth-order valence-electron chi connectivity index (χ4n) is 1.69. The maximum atomic E-state index is 11.7. The number of esters is 1. The van der Waals surface area contributed by atoms with Crippen LogP contribution in [-0.2, 0) is 9.53 Å². The summed E-state index contributed by atoms with van der Waals surface area (Å²) in [5, 5.41) is 3.19. The van der Waals surface area contributed by atoms with Crippen molar-refractivity contribution >= 4 is 29.3 Å². The molecule has 0 fully saturated rings. The summed E-state index contributed by atoms with van der Waals surface area (Å²) in [5.41, 5.74) is -0.592. The number of likely N-dealkylation sites (N-methyl/N-ethyl adjacent to an activating group) is 1. The Hall–Kier alpha value is -0.660. The smallest absolute Gasteiger partial charge is 0.325 e. The molecule has 1 atom stereocenters. The summed E-state index contributed by atoms with van der Waals surface area (Å²) in [4.78, 5) is 15.8. The Kier molecular flexibility index (Phi) is 6.59. The molecule has 1 aromatic rings. The van der Waals surface area contributed by atoms with E-state index in [4.69, 9.17) is 4.74 Å². The second-order valence-corrected chi connectivity index (χ2v) is 6.14. The quantitative estimate of drug-likeness (QED) is 0.448. The fourth-order valence-corrected chi connectivity index (χ4v) is 3.14. The van der Waals surface area contributed by atoms with Crippen LogP contribution >= 0.6 is 23.3 Å². The van der Waals surface area contributed by atoms with Gasteiger partial charge in [-0.05, 0) is 37.8 Å². The summed E-state index contributed by atoms with van der Waals surface area (Å²) >= 11 is 3.07. The molecule has 1 unspecified atom stereocenters. The molecule has 0 saturated heterocycles. The highest BCUT2D eigenvalue weighted by Gasteiger charge is 2.32. The Morgan fingerprint density at radius 3 is 3.00 bits per heavy atom. The number of thioether (sulfide) groups is 1. The molecule has 0 aliphatic carbocycles. The van der Waals surface area contributed by atoms with E-state index in [0.29, 0.717) is 0 Å². The first-order valence-corrected chi connectivity index (χ1v) is 7.61. The van der Waals surface area contributed by atoms with E-state index in [0.717, 1.165) is 29.5 Å². The topological polar surface area (TPSA) is 64.1 Å². The SMILES string of the molecule is CCNC(C)(CCCSc1ncns1)C(=O)OC. The highest BCUT2D eigenvalue weighted by Crippen LogP contribution is 2.22. The Morgan fingerprint density at radius 2 is 2.44 bits per heavy atom. The Bertz CT molecular complexity index is 359. The number of carbonyl (C=O) groups is 1. The lowest BCUT2D eigenvalue weighted by atomic mass is 9.96. The zero-order chi connectivity index (χ0) is 13.4. The minimum absolute atomic E-state index is 0.203. The van der Waals surface area contributed by atoms with Crippen molar-refractivity contribution in [3.8, 4) is 0 Å². The van der Waals surface area contributed by atoms with Crippen LogP contribution in [0.1, 0.15) is 26.7 Å². The molecule has 0 bridgehead atoms. The normalized spacial score (nSPS) is 14.2. The third kappa shape index (κ3) is 4.55. The van der Waals surface area contributed by atoms with Crippen molar-refractivity contribution in [1.82, 2.24) is 14.7 Å². The minimum atomic E-state index is -0.592. The van der Waals surface area contributed by atoms with Crippen molar-refractivity contribution in [3.05, 3.63) is 6.33 Å². The summed E-state index contributed by atoms with van der Waals surface area (Å²) < 4.78 is 9.76. The fraction of sp³-hybridized carbons (Fsp3) is 0.727. The van der Waals surface area contributed by atoms with Crippen LogP contribution in [0.4, 0.5) is 0 Å². The van der Waals surface area contributed by atoms with Gasteiger partial charge in [-0.15, -0.1) is 0 Å². The largest absolute Gasteiger partial charge is 0.468 e. The van der Waals surface area contributed by atoms with Gasteiger partial charge in [-0.2, -0.15) is 4.37 Å². The second kappa shape index (κ2) is 7.70. The zero-order valence-corrected chi connectivity index (χ0v) is 12.6. The Balaban J connectivity index is 2.35. The van der Waals surface area contributed by atoms with Crippen molar-refractivity contribution < 1.29 is 9.53 Å². The second-order valence-electron chi connectivity index (χ2n) is 4.01. The maximum Gasteiger partial charge on any atom is 0.325 e. The molecule has 1 heterocycles. The van der Waals surface area contributed by atoms with Gasteiger partial charge < -0.3 is 10.1 Å². The molecule has 0 aliphatic heterocycles. The van der Waals surface area contributed by atoms with Gasteiger partial charge in [-0.1, -0.05) is 18.7 Å². The molecule has 7 heteroatoms. The number of nitrogens with zero attached hydrogens (tertiary/aromatic N) is 2. The molecule has 0 spiro atoms. The summed E-state index contributed by atoms with van der Waals surface area (Å²) in [7, 11) is 1.42. The van der Waals surface area contributed by atoms with E-state index in [-0.39, 0.29) is 5.97 Å². The summed E-state index contributed by atoms with van der Waals surface area (Å²) in [6.45, 7) is 4.62. The molecule has 0 amide bonds. The predicted octanol–water partition coefficient (Wildman–Crippen LogP) is 1.95. The number of hydrogen-bond donors (Lipinski definition) is 1. The molecule has 1 N–H and O–H groups in total. The van der Waals surface area contributed by atoms with Gasteiger partial charge in [0.15, 0.2) is 4.34 Å². The molecule has 18 heavy (non-hydrogen) atoms. The van der Waals surface area contributed by atoms with Gasteiger partial charge in [0.2, 0.25) is 0 Å². The highest BCUT2D eigenvalue weighted by molar-refractivity contribution is 8.00. The number of methoxy groups -OCH3 is 1. The van der Waals surface area contributed by atoms with Crippen LogP contribution in [0, 0.1) is 0 Å². The number of ether oxygens (including phenoxy) is 1. The van der Waals surface area contributed by atoms with Crippen LogP contribution < -0.4 is 5.32 Å². The van der Waals surface area contributed by atoms with Crippen LogP contribution in [0.25, 0.3) is 0 Å². The summed E-state index contributed by atoms with van der Waals surface area (Å²) in [5.74, 6) is 0.720. The van der Waals surface area contributed by atoms with Crippen molar-refractivity contribution in [1.29, 1.82) is 0 Å². The molecule has 0 saturated carbocycles. The molecule has 0 radical (unpaired) electrons. The lowest BCUT2D eigenvalue weighted by Gasteiger charge is -2.27. The highest BCUT2D eigenvalue weighted by atomic mass is 32.2. The monoisotopic (exact) mass is 289 g/mol. The molecular formula is C11H19N3O2S2. The molecule has 0 aromatic carbocycles. The van der Waals surface area contributed by atoms with Gasteiger partial charge in [0, 0.05) is 5.75 Å². The third-order valence-electron chi connectivity index (χ3n) is 2.59. The minimum Gasteiger partial charge on any atom is -0.468 e. The van der Waals surface area contributed by atoms with Crippen LogP contribution in [0.5, 0.6) is 0 Å². The van der Waals surface area contributed by atoms with Gasteiger partial charge in [-0.3, -0.25) is 4.79 Å². The van der Waals surface area contributed by atoms with Crippen molar-refractivity contribution in [2.24, 2.45) is 0 Å². The molecule has 0 aliphatic rings. The third-order valence-corrected chi connectivity index (χ3v) is 4.47.